The maximum Gasteiger partial charge on any atom is 0.128 e. The lowest BCUT2D eigenvalue weighted by Crippen LogP contribution is -2.02. The third-order valence-electron chi connectivity index (χ3n) is 3.25. The Kier molecular flexibility index (Phi) is 4.00. The molecule has 2 heterocycles. The quantitative estimate of drug-likeness (QED) is 0.914. The summed E-state index contributed by atoms with van der Waals surface area (Å²) in [5, 5.41) is 0. The molecule has 0 aromatic carbocycles. The van der Waals surface area contributed by atoms with E-state index in [9.17, 15) is 0 Å². The minimum absolute atomic E-state index is 0.559. The number of methoxy groups -OCH3 is 1. The van der Waals surface area contributed by atoms with E-state index >= 15 is 0 Å². The molecular weight excluding hydrogens is 238 g/mol. The van der Waals surface area contributed by atoms with Gasteiger partial charge in [0.2, 0.25) is 0 Å². The molecule has 0 saturated heterocycles. The number of rotatable bonds is 4. The summed E-state index contributed by atoms with van der Waals surface area (Å²) in [5.74, 6) is 1.49. The first-order valence-corrected chi connectivity index (χ1v) is 6.31. The summed E-state index contributed by atoms with van der Waals surface area (Å²) < 4.78 is 5.42. The number of anilines is 1. The molecule has 0 fully saturated rings. The summed E-state index contributed by atoms with van der Waals surface area (Å²) in [7, 11) is 1.70. The molecule has 2 aromatic rings. The Morgan fingerprint density at radius 3 is 2.68 bits per heavy atom. The minimum atomic E-state index is 0.559. The maximum absolute atomic E-state index is 5.68. The first-order valence-electron chi connectivity index (χ1n) is 6.31. The number of ether oxygens (including phenoxy) is 1. The third kappa shape index (κ3) is 3.02. The molecule has 2 rings (SSSR count). The topological polar surface area (TPSA) is 61.0 Å². The van der Waals surface area contributed by atoms with Gasteiger partial charge in [-0.25, -0.2) is 4.98 Å². The van der Waals surface area contributed by atoms with E-state index in [1.807, 2.05) is 25.3 Å². The molecule has 0 aliphatic rings. The number of hydrogen-bond acceptors (Lipinski definition) is 4. The molecular formula is C15H19N3O. The summed E-state index contributed by atoms with van der Waals surface area (Å²) in [5.41, 5.74) is 10.1. The Hall–Kier alpha value is -2.10. The smallest absolute Gasteiger partial charge is 0.128 e. The molecule has 0 spiro atoms. The Labute approximate surface area is 113 Å². The standard InChI is InChI=1S/C15H19N3O/c1-10-9-18-13(11(2)15(10)19-3)5-4-12-6-7-17-14(16)8-12/h6-9H,4-5H2,1-3H3,(H2,16,17). The van der Waals surface area contributed by atoms with E-state index in [-0.39, 0.29) is 0 Å². The van der Waals surface area contributed by atoms with E-state index in [1.54, 1.807) is 13.3 Å². The highest BCUT2D eigenvalue weighted by Crippen LogP contribution is 2.24. The monoisotopic (exact) mass is 257 g/mol. The van der Waals surface area contributed by atoms with E-state index in [1.165, 1.54) is 5.56 Å². The van der Waals surface area contributed by atoms with Crippen LogP contribution in [0, 0.1) is 13.8 Å². The van der Waals surface area contributed by atoms with Gasteiger partial charge in [-0.05, 0) is 44.4 Å². The highest BCUT2D eigenvalue weighted by molar-refractivity contribution is 5.41. The van der Waals surface area contributed by atoms with Crippen LogP contribution in [0.1, 0.15) is 22.4 Å². The molecule has 0 radical (unpaired) electrons. The van der Waals surface area contributed by atoms with Crippen LogP contribution in [0.2, 0.25) is 0 Å². The van der Waals surface area contributed by atoms with Crippen LogP contribution in [0.5, 0.6) is 5.75 Å². The predicted molar refractivity (Wildman–Crippen MR) is 76.3 cm³/mol. The van der Waals surface area contributed by atoms with Gasteiger partial charge in [-0.15, -0.1) is 0 Å². The number of pyridine rings is 2. The first-order chi connectivity index (χ1) is 9.11. The first kappa shape index (κ1) is 13.3. The Balaban J connectivity index is 2.16. The van der Waals surface area contributed by atoms with Gasteiger partial charge in [-0.1, -0.05) is 0 Å². The maximum atomic E-state index is 5.68. The highest BCUT2D eigenvalue weighted by Gasteiger charge is 2.09. The lowest BCUT2D eigenvalue weighted by atomic mass is 10.0. The predicted octanol–water partition coefficient (Wildman–Crippen LogP) is 2.47. The van der Waals surface area contributed by atoms with Crippen LogP contribution in [-0.2, 0) is 12.8 Å². The van der Waals surface area contributed by atoms with Crippen molar-refractivity contribution in [1.82, 2.24) is 9.97 Å². The van der Waals surface area contributed by atoms with E-state index in [0.29, 0.717) is 5.82 Å². The highest BCUT2D eigenvalue weighted by atomic mass is 16.5. The van der Waals surface area contributed by atoms with Crippen molar-refractivity contribution in [2.75, 3.05) is 12.8 Å². The van der Waals surface area contributed by atoms with Crippen molar-refractivity contribution in [3.63, 3.8) is 0 Å². The normalized spacial score (nSPS) is 10.5. The number of nitrogens with zero attached hydrogens (tertiary/aromatic N) is 2. The zero-order valence-electron chi connectivity index (χ0n) is 11.6. The second-order valence-corrected chi connectivity index (χ2v) is 4.64. The molecule has 0 aliphatic carbocycles. The average Bonchev–Trinajstić information content (AvgIpc) is 2.38. The number of aromatic nitrogens is 2. The number of aryl methyl sites for hydroxylation is 3. The number of hydrogen-bond donors (Lipinski definition) is 1. The molecule has 4 heteroatoms. The van der Waals surface area contributed by atoms with Crippen LogP contribution < -0.4 is 10.5 Å². The van der Waals surface area contributed by atoms with E-state index in [2.05, 4.69) is 16.9 Å². The molecule has 4 nitrogen and oxygen atoms in total. The summed E-state index contributed by atoms with van der Waals surface area (Å²) in [6, 6.07) is 3.89. The second-order valence-electron chi connectivity index (χ2n) is 4.64. The average molecular weight is 257 g/mol. The lowest BCUT2D eigenvalue weighted by Gasteiger charge is -2.12. The van der Waals surface area contributed by atoms with Crippen molar-refractivity contribution in [2.45, 2.75) is 26.7 Å². The fourth-order valence-corrected chi connectivity index (χ4v) is 2.24. The number of nitrogen functional groups attached to an aromatic ring is 1. The molecule has 0 amide bonds. The molecule has 0 saturated carbocycles. The van der Waals surface area contributed by atoms with Crippen molar-refractivity contribution in [1.29, 1.82) is 0 Å². The van der Waals surface area contributed by atoms with Crippen molar-refractivity contribution in [3.8, 4) is 5.75 Å². The van der Waals surface area contributed by atoms with Gasteiger partial charge in [0.15, 0.2) is 0 Å². The van der Waals surface area contributed by atoms with Gasteiger partial charge >= 0.3 is 0 Å². The van der Waals surface area contributed by atoms with Gasteiger partial charge in [-0.2, -0.15) is 0 Å². The van der Waals surface area contributed by atoms with Crippen LogP contribution in [0.3, 0.4) is 0 Å². The van der Waals surface area contributed by atoms with Crippen molar-refractivity contribution in [3.05, 3.63) is 46.9 Å². The van der Waals surface area contributed by atoms with Gasteiger partial charge in [0.25, 0.3) is 0 Å². The molecule has 2 N–H and O–H groups in total. The van der Waals surface area contributed by atoms with E-state index < -0.39 is 0 Å². The van der Waals surface area contributed by atoms with Gasteiger partial charge in [0, 0.05) is 29.2 Å². The molecule has 2 aromatic heterocycles. The van der Waals surface area contributed by atoms with E-state index in [4.69, 9.17) is 10.5 Å². The van der Waals surface area contributed by atoms with Crippen LogP contribution in [-0.4, -0.2) is 17.1 Å². The van der Waals surface area contributed by atoms with Gasteiger partial charge in [0.1, 0.15) is 11.6 Å². The summed E-state index contributed by atoms with van der Waals surface area (Å²) >= 11 is 0. The molecule has 0 atom stereocenters. The van der Waals surface area contributed by atoms with Crippen LogP contribution in [0.25, 0.3) is 0 Å². The summed E-state index contributed by atoms with van der Waals surface area (Å²) in [6.07, 6.45) is 5.36. The summed E-state index contributed by atoms with van der Waals surface area (Å²) in [6.45, 7) is 4.06. The minimum Gasteiger partial charge on any atom is -0.496 e. The Morgan fingerprint density at radius 2 is 2.00 bits per heavy atom. The second kappa shape index (κ2) is 5.69. The third-order valence-corrected chi connectivity index (χ3v) is 3.25. The van der Waals surface area contributed by atoms with Crippen molar-refractivity contribution in [2.24, 2.45) is 0 Å². The molecule has 0 bridgehead atoms. The fraction of sp³-hybridized carbons (Fsp3) is 0.333. The molecule has 19 heavy (non-hydrogen) atoms. The Morgan fingerprint density at radius 1 is 1.21 bits per heavy atom. The van der Waals surface area contributed by atoms with Crippen LogP contribution in [0.15, 0.2) is 24.5 Å². The van der Waals surface area contributed by atoms with Crippen molar-refractivity contribution >= 4 is 5.82 Å². The molecule has 0 aliphatic heterocycles. The van der Waals surface area contributed by atoms with Crippen LogP contribution >= 0.6 is 0 Å². The van der Waals surface area contributed by atoms with E-state index in [0.717, 1.165) is 35.4 Å². The fourth-order valence-electron chi connectivity index (χ4n) is 2.24. The lowest BCUT2D eigenvalue weighted by molar-refractivity contribution is 0.407. The zero-order valence-corrected chi connectivity index (χ0v) is 11.6. The van der Waals surface area contributed by atoms with Gasteiger partial charge < -0.3 is 10.5 Å². The largest absolute Gasteiger partial charge is 0.496 e. The number of nitrogens with two attached hydrogens (primary N) is 1. The zero-order chi connectivity index (χ0) is 13.8. The van der Waals surface area contributed by atoms with Crippen molar-refractivity contribution < 1.29 is 4.74 Å². The summed E-state index contributed by atoms with van der Waals surface area (Å²) in [4.78, 5) is 8.49. The Bertz CT molecular complexity index is 582. The SMILES string of the molecule is COc1c(C)cnc(CCc2ccnc(N)c2)c1C. The molecule has 100 valence electrons. The van der Waals surface area contributed by atoms with Crippen LogP contribution in [0.4, 0.5) is 5.82 Å². The molecule has 0 unspecified atom stereocenters. The van der Waals surface area contributed by atoms with Gasteiger partial charge in [0.05, 0.1) is 7.11 Å². The van der Waals surface area contributed by atoms with Gasteiger partial charge in [-0.3, -0.25) is 4.98 Å².